The van der Waals surface area contributed by atoms with Crippen LogP contribution < -0.4 is 5.43 Å². The summed E-state index contributed by atoms with van der Waals surface area (Å²) in [6.45, 7) is 3.56. The molecule has 23 heavy (non-hydrogen) atoms. The number of hydrogen-bond acceptors (Lipinski definition) is 5. The highest BCUT2D eigenvalue weighted by Crippen LogP contribution is 2.28. The van der Waals surface area contributed by atoms with Gasteiger partial charge < -0.3 is 14.2 Å². The first-order valence-electron chi connectivity index (χ1n) is 7.58. The Bertz CT molecular complexity index is 850. The lowest BCUT2D eigenvalue weighted by molar-refractivity contribution is -0.171. The molecule has 3 saturated heterocycles. The van der Waals surface area contributed by atoms with Gasteiger partial charge in [0.15, 0.2) is 10.8 Å². The number of hydrogen-bond donors (Lipinski definition) is 0. The molecule has 5 heterocycles. The van der Waals surface area contributed by atoms with Crippen molar-refractivity contribution in [3.63, 3.8) is 0 Å². The smallest absolute Gasteiger partial charge is 0.259 e. The molecule has 7 nitrogen and oxygen atoms in total. The van der Waals surface area contributed by atoms with Gasteiger partial charge in [0.25, 0.3) is 5.91 Å². The number of aromatic nitrogens is 3. The zero-order valence-electron chi connectivity index (χ0n) is 12.5. The van der Waals surface area contributed by atoms with Crippen molar-refractivity contribution in [2.45, 2.75) is 32.1 Å². The largest absolute Gasteiger partial charge is 0.371 e. The number of pyridine rings is 1. The van der Waals surface area contributed by atoms with Crippen molar-refractivity contribution in [2.24, 2.45) is 0 Å². The van der Waals surface area contributed by atoms with Crippen LogP contribution in [0.3, 0.4) is 0 Å². The molecule has 1 amide bonds. The van der Waals surface area contributed by atoms with Crippen LogP contribution in [0.5, 0.6) is 0 Å². The van der Waals surface area contributed by atoms with Gasteiger partial charge in [-0.2, -0.15) is 0 Å². The Morgan fingerprint density at radius 3 is 2.74 bits per heavy atom. The fraction of sp³-hybridized carbons (Fsp3) is 0.467. The van der Waals surface area contributed by atoms with E-state index in [4.69, 9.17) is 16.3 Å². The van der Waals surface area contributed by atoms with E-state index in [9.17, 15) is 9.59 Å². The summed E-state index contributed by atoms with van der Waals surface area (Å²) in [7, 11) is 0. The lowest BCUT2D eigenvalue weighted by Gasteiger charge is -2.46. The van der Waals surface area contributed by atoms with E-state index in [1.807, 2.05) is 6.92 Å². The molecule has 2 atom stereocenters. The SMILES string of the molecule is CCn1cc(C(=O)N2CC3CC(C2)O3)c(=O)c2cc(Cl)nnc21. The van der Waals surface area contributed by atoms with Crippen LogP contribution in [0.2, 0.25) is 5.15 Å². The van der Waals surface area contributed by atoms with Gasteiger partial charge in [-0.15, -0.1) is 10.2 Å². The summed E-state index contributed by atoms with van der Waals surface area (Å²) in [5.74, 6) is -0.259. The number of halogens is 1. The molecule has 0 aliphatic carbocycles. The summed E-state index contributed by atoms with van der Waals surface area (Å²) >= 11 is 5.86. The van der Waals surface area contributed by atoms with E-state index in [-0.39, 0.29) is 34.3 Å². The molecule has 3 aliphatic heterocycles. The van der Waals surface area contributed by atoms with Gasteiger partial charge in [-0.3, -0.25) is 9.59 Å². The van der Waals surface area contributed by atoms with Gasteiger partial charge in [0, 0.05) is 32.3 Å². The van der Waals surface area contributed by atoms with Crippen molar-refractivity contribution in [2.75, 3.05) is 13.1 Å². The molecule has 2 aromatic heterocycles. The second-order valence-electron chi connectivity index (χ2n) is 5.89. The predicted molar refractivity (Wildman–Crippen MR) is 83.7 cm³/mol. The van der Waals surface area contributed by atoms with Crippen LogP contribution in [0.4, 0.5) is 0 Å². The number of fused-ring (bicyclic) bond motifs is 3. The first kappa shape index (κ1) is 14.6. The minimum atomic E-state index is -0.355. The van der Waals surface area contributed by atoms with Crippen molar-refractivity contribution in [1.82, 2.24) is 19.7 Å². The molecule has 3 fully saturated rings. The van der Waals surface area contributed by atoms with Crippen LogP contribution in [-0.4, -0.2) is 50.9 Å². The van der Waals surface area contributed by atoms with E-state index < -0.39 is 0 Å². The van der Waals surface area contributed by atoms with Gasteiger partial charge >= 0.3 is 0 Å². The molecule has 0 N–H and O–H groups in total. The second kappa shape index (κ2) is 5.28. The lowest BCUT2D eigenvalue weighted by Crippen LogP contribution is -2.59. The zero-order valence-corrected chi connectivity index (χ0v) is 13.3. The van der Waals surface area contributed by atoms with Crippen LogP contribution in [0, 0.1) is 0 Å². The second-order valence-corrected chi connectivity index (χ2v) is 6.28. The van der Waals surface area contributed by atoms with Gasteiger partial charge in [-0.25, -0.2) is 0 Å². The average Bonchev–Trinajstić information content (AvgIpc) is 2.54. The number of nitrogens with zero attached hydrogens (tertiary/aromatic N) is 4. The minimum absolute atomic E-state index is 0.104. The topological polar surface area (TPSA) is 77.3 Å². The maximum atomic E-state index is 12.8. The number of aryl methyl sites for hydroxylation is 1. The van der Waals surface area contributed by atoms with Crippen LogP contribution >= 0.6 is 11.6 Å². The van der Waals surface area contributed by atoms with E-state index in [1.54, 1.807) is 15.7 Å². The highest BCUT2D eigenvalue weighted by atomic mass is 35.5. The molecule has 2 bridgehead atoms. The molecule has 0 aromatic carbocycles. The van der Waals surface area contributed by atoms with Crippen LogP contribution in [0.1, 0.15) is 23.7 Å². The molecule has 0 radical (unpaired) electrons. The van der Waals surface area contributed by atoms with Gasteiger partial charge in [0.2, 0.25) is 5.43 Å². The van der Waals surface area contributed by atoms with E-state index in [2.05, 4.69) is 10.2 Å². The van der Waals surface area contributed by atoms with E-state index in [0.717, 1.165) is 6.42 Å². The first-order chi connectivity index (χ1) is 11.1. The highest BCUT2D eigenvalue weighted by molar-refractivity contribution is 6.29. The number of rotatable bonds is 2. The summed E-state index contributed by atoms with van der Waals surface area (Å²) in [5, 5.41) is 8.21. The van der Waals surface area contributed by atoms with E-state index >= 15 is 0 Å². The van der Waals surface area contributed by atoms with Gasteiger partial charge in [-0.05, 0) is 13.0 Å². The van der Waals surface area contributed by atoms with Crippen molar-refractivity contribution < 1.29 is 9.53 Å². The molecular formula is C15H15ClN4O3. The Kier molecular flexibility index (Phi) is 3.35. The van der Waals surface area contributed by atoms with E-state index in [1.165, 1.54) is 6.07 Å². The monoisotopic (exact) mass is 334 g/mol. The maximum Gasteiger partial charge on any atom is 0.259 e. The standard InChI is InChI=1S/C15H15ClN4O3/c1-2-19-7-11(13(21)10-4-12(16)17-18-14(10)19)15(22)20-5-8-3-9(6-20)23-8/h4,7-9H,2-3,5-6H2,1H3. The summed E-state index contributed by atoms with van der Waals surface area (Å²) in [6.07, 6.45) is 2.77. The first-order valence-corrected chi connectivity index (χ1v) is 7.95. The summed E-state index contributed by atoms with van der Waals surface area (Å²) in [4.78, 5) is 27.2. The molecule has 5 rings (SSSR count). The quantitative estimate of drug-likeness (QED) is 0.821. The summed E-state index contributed by atoms with van der Waals surface area (Å²) < 4.78 is 7.28. The summed E-state index contributed by atoms with van der Waals surface area (Å²) in [6, 6.07) is 1.46. The molecule has 120 valence electrons. The van der Waals surface area contributed by atoms with Crippen molar-refractivity contribution >= 4 is 28.5 Å². The minimum Gasteiger partial charge on any atom is -0.371 e. The molecule has 8 heteroatoms. The van der Waals surface area contributed by atoms with Crippen molar-refractivity contribution in [3.8, 4) is 0 Å². The highest BCUT2D eigenvalue weighted by Gasteiger charge is 2.40. The Balaban J connectivity index is 1.81. The van der Waals surface area contributed by atoms with Gasteiger partial charge in [0.1, 0.15) is 5.56 Å². The average molecular weight is 335 g/mol. The Morgan fingerprint density at radius 1 is 1.39 bits per heavy atom. The molecule has 2 aromatic rings. The molecule has 2 unspecified atom stereocenters. The number of ether oxygens (including phenoxy) is 1. The Morgan fingerprint density at radius 2 is 2.09 bits per heavy atom. The van der Waals surface area contributed by atoms with Crippen LogP contribution in [-0.2, 0) is 11.3 Å². The third-order valence-electron chi connectivity index (χ3n) is 4.41. The number of piperidine rings is 1. The van der Waals surface area contributed by atoms with Crippen molar-refractivity contribution in [1.29, 1.82) is 0 Å². The summed E-state index contributed by atoms with van der Waals surface area (Å²) in [5.41, 5.74) is 0.222. The fourth-order valence-corrected chi connectivity index (χ4v) is 3.39. The molecule has 3 aliphatic rings. The van der Waals surface area contributed by atoms with Crippen LogP contribution in [0.15, 0.2) is 17.1 Å². The van der Waals surface area contributed by atoms with Crippen LogP contribution in [0.25, 0.3) is 11.0 Å². The predicted octanol–water partition coefficient (Wildman–Crippen LogP) is 1.08. The van der Waals surface area contributed by atoms with Crippen molar-refractivity contribution in [3.05, 3.63) is 33.2 Å². The Labute approximate surface area is 136 Å². The normalized spacial score (nSPS) is 23.0. The third-order valence-corrected chi connectivity index (χ3v) is 4.59. The zero-order chi connectivity index (χ0) is 16.1. The molecule has 0 saturated carbocycles. The molecular weight excluding hydrogens is 320 g/mol. The third kappa shape index (κ3) is 2.31. The number of carbonyl (C=O) groups is 1. The maximum absolute atomic E-state index is 12.8. The molecule has 0 spiro atoms. The number of morpholine rings is 1. The lowest BCUT2D eigenvalue weighted by atomic mass is 9.98. The van der Waals surface area contributed by atoms with Gasteiger partial charge in [0.05, 0.1) is 17.6 Å². The number of amides is 1. The fourth-order valence-electron chi connectivity index (χ4n) is 3.25. The number of carbonyl (C=O) groups excluding carboxylic acids is 1. The van der Waals surface area contributed by atoms with Gasteiger partial charge in [-0.1, -0.05) is 11.6 Å². The Hall–Kier alpha value is -1.99. The van der Waals surface area contributed by atoms with E-state index in [0.29, 0.717) is 30.7 Å².